The summed E-state index contributed by atoms with van der Waals surface area (Å²) in [6, 6.07) is 4.35. The maximum absolute atomic E-state index is 11.1. The zero-order valence-electron chi connectivity index (χ0n) is 8.34. The van der Waals surface area contributed by atoms with Crippen molar-refractivity contribution in [3.8, 4) is 0 Å². The normalized spacial score (nSPS) is 9.56. The Labute approximate surface area is 91.5 Å². The number of benzene rings is 1. The Kier molecular flexibility index (Phi) is 3.79. The van der Waals surface area contributed by atoms with E-state index < -0.39 is 11.9 Å². The Morgan fingerprint density at radius 3 is 2.62 bits per heavy atom. The van der Waals surface area contributed by atoms with Gasteiger partial charge in [-0.1, -0.05) is 18.2 Å². The molecule has 0 aliphatic carbocycles. The second-order valence-corrected chi connectivity index (χ2v) is 3.02. The van der Waals surface area contributed by atoms with Crippen LogP contribution in [0.2, 0.25) is 0 Å². The van der Waals surface area contributed by atoms with Gasteiger partial charge in [-0.05, 0) is 18.1 Å². The van der Waals surface area contributed by atoms with E-state index in [0.29, 0.717) is 12.0 Å². The Morgan fingerprint density at radius 2 is 2.12 bits per heavy atom. The molecule has 0 spiro atoms. The third-order valence-electron chi connectivity index (χ3n) is 2.03. The number of hydrogen-bond acceptors (Lipinski definition) is 4. The van der Waals surface area contributed by atoms with Crippen molar-refractivity contribution in [1.82, 2.24) is 0 Å². The third-order valence-corrected chi connectivity index (χ3v) is 2.03. The first-order valence-electron chi connectivity index (χ1n) is 4.43. The highest BCUT2D eigenvalue weighted by atomic mass is 17.1. The minimum atomic E-state index is -1.25. The largest absolute Gasteiger partial charge is 0.478 e. The van der Waals surface area contributed by atoms with Crippen LogP contribution in [-0.2, 0) is 11.3 Å². The van der Waals surface area contributed by atoms with Crippen molar-refractivity contribution < 1.29 is 24.8 Å². The van der Waals surface area contributed by atoms with Crippen molar-refractivity contribution in [3.05, 3.63) is 47.5 Å². The number of carbonyl (C=O) groups excluding carboxylic acids is 1. The van der Waals surface area contributed by atoms with Gasteiger partial charge in [0.15, 0.2) is 0 Å². The van der Waals surface area contributed by atoms with E-state index in [1.54, 1.807) is 6.07 Å². The van der Waals surface area contributed by atoms with Gasteiger partial charge in [0.05, 0.1) is 11.1 Å². The maximum Gasteiger partial charge on any atom is 0.373 e. The Bertz CT molecular complexity index is 436. The Hall–Kier alpha value is -2.14. The van der Waals surface area contributed by atoms with E-state index in [1.807, 2.05) is 0 Å². The minimum absolute atomic E-state index is 0.179. The van der Waals surface area contributed by atoms with Crippen molar-refractivity contribution in [2.45, 2.75) is 6.42 Å². The molecule has 16 heavy (non-hydrogen) atoms. The predicted molar refractivity (Wildman–Crippen MR) is 55.3 cm³/mol. The molecule has 0 unspecified atom stereocenters. The van der Waals surface area contributed by atoms with E-state index in [1.165, 1.54) is 18.2 Å². The SMILES string of the molecule is C=CCc1cccc(C(=O)OO)c1C(=O)O. The molecule has 0 aromatic heterocycles. The molecule has 0 fully saturated rings. The van der Waals surface area contributed by atoms with Crippen LogP contribution in [0.3, 0.4) is 0 Å². The highest BCUT2D eigenvalue weighted by molar-refractivity contribution is 6.03. The molecular formula is C11H10O5. The van der Waals surface area contributed by atoms with Crippen LogP contribution in [0, 0.1) is 0 Å². The molecule has 1 rings (SSSR count). The van der Waals surface area contributed by atoms with Gasteiger partial charge in [-0.3, -0.25) is 4.89 Å². The summed E-state index contributed by atoms with van der Waals surface area (Å²) in [4.78, 5) is 25.7. The van der Waals surface area contributed by atoms with Crippen LogP contribution in [0.15, 0.2) is 30.9 Å². The van der Waals surface area contributed by atoms with E-state index in [2.05, 4.69) is 11.5 Å². The third kappa shape index (κ3) is 2.26. The summed E-state index contributed by atoms with van der Waals surface area (Å²) < 4.78 is 0. The molecular weight excluding hydrogens is 212 g/mol. The van der Waals surface area contributed by atoms with E-state index in [0.717, 1.165) is 0 Å². The molecule has 1 aromatic carbocycles. The summed E-state index contributed by atoms with van der Waals surface area (Å²) in [6.07, 6.45) is 1.84. The lowest BCUT2D eigenvalue weighted by Gasteiger charge is -2.07. The monoisotopic (exact) mass is 222 g/mol. The van der Waals surface area contributed by atoms with Crippen molar-refractivity contribution in [2.24, 2.45) is 0 Å². The van der Waals surface area contributed by atoms with Gasteiger partial charge in [-0.15, -0.1) is 6.58 Å². The van der Waals surface area contributed by atoms with Crippen LogP contribution in [0.5, 0.6) is 0 Å². The zero-order valence-corrected chi connectivity index (χ0v) is 8.34. The number of allylic oxidation sites excluding steroid dienone is 1. The average molecular weight is 222 g/mol. The van der Waals surface area contributed by atoms with Crippen molar-refractivity contribution in [1.29, 1.82) is 0 Å². The van der Waals surface area contributed by atoms with E-state index in [9.17, 15) is 9.59 Å². The van der Waals surface area contributed by atoms with Gasteiger partial charge in [0.25, 0.3) is 0 Å². The highest BCUT2D eigenvalue weighted by Crippen LogP contribution is 2.17. The van der Waals surface area contributed by atoms with Crippen molar-refractivity contribution in [3.63, 3.8) is 0 Å². The quantitative estimate of drug-likeness (QED) is 0.460. The number of carboxylic acid groups (broad SMARTS) is 1. The Balaban J connectivity index is 3.37. The number of carbonyl (C=O) groups is 2. The van der Waals surface area contributed by atoms with Gasteiger partial charge in [0.1, 0.15) is 0 Å². The van der Waals surface area contributed by atoms with Gasteiger partial charge < -0.3 is 5.11 Å². The van der Waals surface area contributed by atoms with Crippen LogP contribution in [-0.4, -0.2) is 22.3 Å². The molecule has 5 nitrogen and oxygen atoms in total. The van der Waals surface area contributed by atoms with E-state index in [-0.39, 0.29) is 11.1 Å². The fourth-order valence-electron chi connectivity index (χ4n) is 1.40. The van der Waals surface area contributed by atoms with Crippen molar-refractivity contribution >= 4 is 11.9 Å². The lowest BCUT2D eigenvalue weighted by atomic mass is 9.99. The predicted octanol–water partition coefficient (Wildman–Crippen LogP) is 1.74. The standard InChI is InChI=1S/C11H10O5/c1-2-4-7-5-3-6-8(11(14)16-15)9(7)10(12)13/h2-3,5-6,15H,1,4H2,(H,12,13). The molecule has 0 atom stereocenters. The molecule has 0 amide bonds. The zero-order chi connectivity index (χ0) is 12.1. The summed E-state index contributed by atoms with van der Waals surface area (Å²) in [5, 5.41) is 17.2. The molecule has 5 heteroatoms. The van der Waals surface area contributed by atoms with Gasteiger partial charge in [0.2, 0.25) is 0 Å². The van der Waals surface area contributed by atoms with E-state index in [4.69, 9.17) is 10.4 Å². The fraction of sp³-hybridized carbons (Fsp3) is 0.0909. The maximum atomic E-state index is 11.1. The number of carboxylic acids is 1. The molecule has 0 radical (unpaired) electrons. The van der Waals surface area contributed by atoms with Crippen LogP contribution >= 0.6 is 0 Å². The van der Waals surface area contributed by atoms with Crippen LogP contribution in [0.1, 0.15) is 26.3 Å². The molecule has 0 saturated heterocycles. The summed E-state index contributed by atoms with van der Waals surface area (Å²) in [7, 11) is 0. The van der Waals surface area contributed by atoms with E-state index >= 15 is 0 Å². The first-order valence-corrected chi connectivity index (χ1v) is 4.43. The molecule has 1 aromatic rings. The topological polar surface area (TPSA) is 83.8 Å². The van der Waals surface area contributed by atoms with Crippen LogP contribution in [0.4, 0.5) is 0 Å². The summed E-state index contributed by atoms with van der Waals surface area (Å²) in [6.45, 7) is 3.49. The Morgan fingerprint density at radius 1 is 1.44 bits per heavy atom. The molecule has 0 aliphatic heterocycles. The van der Waals surface area contributed by atoms with Crippen LogP contribution in [0.25, 0.3) is 0 Å². The van der Waals surface area contributed by atoms with Gasteiger partial charge in [0, 0.05) is 0 Å². The minimum Gasteiger partial charge on any atom is -0.478 e. The lowest BCUT2D eigenvalue weighted by molar-refractivity contribution is -0.182. The first-order chi connectivity index (χ1) is 7.61. The van der Waals surface area contributed by atoms with Crippen molar-refractivity contribution in [2.75, 3.05) is 0 Å². The number of hydrogen-bond donors (Lipinski definition) is 2. The van der Waals surface area contributed by atoms with Crippen LogP contribution < -0.4 is 0 Å². The number of rotatable bonds is 4. The second-order valence-electron chi connectivity index (χ2n) is 3.02. The molecule has 0 aliphatic rings. The molecule has 0 saturated carbocycles. The smallest absolute Gasteiger partial charge is 0.373 e. The average Bonchev–Trinajstić information content (AvgIpc) is 2.27. The summed E-state index contributed by atoms with van der Waals surface area (Å²) >= 11 is 0. The molecule has 2 N–H and O–H groups in total. The van der Waals surface area contributed by atoms with Gasteiger partial charge in [-0.2, -0.15) is 5.26 Å². The molecule has 84 valence electrons. The highest BCUT2D eigenvalue weighted by Gasteiger charge is 2.20. The molecule has 0 bridgehead atoms. The number of aromatic carboxylic acids is 1. The lowest BCUT2D eigenvalue weighted by Crippen LogP contribution is -2.12. The molecule has 0 heterocycles. The van der Waals surface area contributed by atoms with Gasteiger partial charge in [-0.25, -0.2) is 9.59 Å². The second kappa shape index (κ2) is 5.09. The first kappa shape index (κ1) is 11.9. The van der Waals surface area contributed by atoms with Gasteiger partial charge >= 0.3 is 11.9 Å². The fourth-order valence-corrected chi connectivity index (χ4v) is 1.40. The summed E-state index contributed by atoms with van der Waals surface area (Å²) in [5.41, 5.74) is 0.0706. The summed E-state index contributed by atoms with van der Waals surface area (Å²) in [5.74, 6) is -2.35.